The van der Waals surface area contributed by atoms with Crippen LogP contribution in [0, 0.1) is 0 Å². The molecule has 0 aliphatic carbocycles. The first-order valence-corrected chi connectivity index (χ1v) is 7.86. The highest BCUT2D eigenvalue weighted by Crippen LogP contribution is 2.32. The van der Waals surface area contributed by atoms with Crippen LogP contribution in [0.2, 0.25) is 10.0 Å². The summed E-state index contributed by atoms with van der Waals surface area (Å²) in [5.74, 6) is 1.90. The summed E-state index contributed by atoms with van der Waals surface area (Å²) in [4.78, 5) is 8.40. The SMILES string of the molecule is COc1ccccc1Nc1cc(Nc2c(Cl)cccc2Cl)ncn1. The molecular formula is C17H14Cl2N4O. The number of anilines is 4. The van der Waals surface area contributed by atoms with Gasteiger partial charge in [-0.25, -0.2) is 9.97 Å². The van der Waals surface area contributed by atoms with Gasteiger partial charge >= 0.3 is 0 Å². The van der Waals surface area contributed by atoms with Crippen LogP contribution in [0.25, 0.3) is 0 Å². The summed E-state index contributed by atoms with van der Waals surface area (Å²) in [5.41, 5.74) is 1.41. The lowest BCUT2D eigenvalue weighted by atomic mass is 10.3. The van der Waals surface area contributed by atoms with E-state index in [0.717, 1.165) is 11.4 Å². The molecule has 3 rings (SSSR count). The Bertz CT molecular complexity index is 837. The number of aromatic nitrogens is 2. The van der Waals surface area contributed by atoms with Gasteiger partial charge in [0, 0.05) is 6.07 Å². The van der Waals surface area contributed by atoms with Crippen molar-refractivity contribution in [1.82, 2.24) is 9.97 Å². The van der Waals surface area contributed by atoms with Gasteiger partial charge in [-0.3, -0.25) is 0 Å². The smallest absolute Gasteiger partial charge is 0.142 e. The first-order chi connectivity index (χ1) is 11.7. The number of hydrogen-bond acceptors (Lipinski definition) is 5. The molecular weight excluding hydrogens is 347 g/mol. The molecule has 24 heavy (non-hydrogen) atoms. The van der Waals surface area contributed by atoms with E-state index < -0.39 is 0 Å². The summed E-state index contributed by atoms with van der Waals surface area (Å²) < 4.78 is 5.32. The second-order valence-corrected chi connectivity index (χ2v) is 5.65. The van der Waals surface area contributed by atoms with E-state index >= 15 is 0 Å². The molecule has 0 aliphatic heterocycles. The van der Waals surface area contributed by atoms with Gasteiger partial charge in [0.25, 0.3) is 0 Å². The molecule has 0 bridgehead atoms. The third-order valence-corrected chi connectivity index (χ3v) is 3.88. The summed E-state index contributed by atoms with van der Waals surface area (Å²) in [6, 6.07) is 14.6. The van der Waals surface area contributed by atoms with Gasteiger partial charge < -0.3 is 15.4 Å². The lowest BCUT2D eigenvalue weighted by molar-refractivity contribution is 0.417. The molecule has 0 aliphatic rings. The minimum atomic E-state index is 0.514. The standard InChI is InChI=1S/C17H14Cl2N4O/c1-24-14-8-3-2-7-13(14)22-15-9-16(21-10-20-15)23-17-11(18)5-4-6-12(17)19/h2-10H,1H3,(H2,20,21,22,23). The Morgan fingerprint density at radius 3 is 2.25 bits per heavy atom. The third-order valence-electron chi connectivity index (χ3n) is 3.25. The average molecular weight is 361 g/mol. The fourth-order valence-corrected chi connectivity index (χ4v) is 2.62. The summed E-state index contributed by atoms with van der Waals surface area (Å²) in [7, 11) is 1.62. The molecule has 5 nitrogen and oxygen atoms in total. The predicted octanol–water partition coefficient (Wildman–Crippen LogP) is 5.28. The Kier molecular flexibility index (Phi) is 5.03. The van der Waals surface area contributed by atoms with Crippen molar-refractivity contribution in [1.29, 1.82) is 0 Å². The molecule has 0 radical (unpaired) electrons. The highest BCUT2D eigenvalue weighted by Gasteiger charge is 2.08. The molecule has 0 saturated heterocycles. The molecule has 0 unspecified atom stereocenters. The first kappa shape index (κ1) is 16.4. The quantitative estimate of drug-likeness (QED) is 0.648. The van der Waals surface area contributed by atoms with E-state index in [1.165, 1.54) is 6.33 Å². The van der Waals surface area contributed by atoms with Gasteiger partial charge in [-0.2, -0.15) is 0 Å². The van der Waals surface area contributed by atoms with Crippen LogP contribution >= 0.6 is 23.2 Å². The molecule has 0 saturated carbocycles. The van der Waals surface area contributed by atoms with Crippen LogP contribution in [0.3, 0.4) is 0 Å². The number of benzene rings is 2. The van der Waals surface area contributed by atoms with Gasteiger partial charge in [-0.05, 0) is 24.3 Å². The Morgan fingerprint density at radius 1 is 0.875 bits per heavy atom. The highest BCUT2D eigenvalue weighted by molar-refractivity contribution is 6.39. The van der Waals surface area contributed by atoms with Crippen molar-refractivity contribution in [3.8, 4) is 5.75 Å². The molecule has 2 N–H and O–H groups in total. The van der Waals surface area contributed by atoms with Gasteiger partial charge in [-0.15, -0.1) is 0 Å². The van der Waals surface area contributed by atoms with Crippen LogP contribution < -0.4 is 15.4 Å². The molecule has 3 aromatic rings. The monoisotopic (exact) mass is 360 g/mol. The molecule has 0 spiro atoms. The maximum Gasteiger partial charge on any atom is 0.142 e. The van der Waals surface area contributed by atoms with E-state index in [4.69, 9.17) is 27.9 Å². The zero-order chi connectivity index (χ0) is 16.9. The molecule has 2 aromatic carbocycles. The fourth-order valence-electron chi connectivity index (χ4n) is 2.13. The van der Waals surface area contributed by atoms with Crippen molar-refractivity contribution in [2.75, 3.05) is 17.7 Å². The number of para-hydroxylation sites is 3. The number of nitrogens with zero attached hydrogens (tertiary/aromatic N) is 2. The van der Waals surface area contributed by atoms with Crippen LogP contribution in [-0.4, -0.2) is 17.1 Å². The van der Waals surface area contributed by atoms with E-state index in [1.807, 2.05) is 24.3 Å². The Morgan fingerprint density at radius 2 is 1.54 bits per heavy atom. The van der Waals surface area contributed by atoms with E-state index in [-0.39, 0.29) is 0 Å². The summed E-state index contributed by atoms with van der Waals surface area (Å²) in [6.45, 7) is 0. The van der Waals surface area contributed by atoms with Crippen molar-refractivity contribution in [2.24, 2.45) is 0 Å². The Balaban J connectivity index is 1.84. The normalized spacial score (nSPS) is 10.3. The number of methoxy groups -OCH3 is 1. The van der Waals surface area contributed by atoms with Crippen molar-refractivity contribution in [3.05, 3.63) is 64.9 Å². The van der Waals surface area contributed by atoms with Crippen molar-refractivity contribution < 1.29 is 4.74 Å². The minimum absolute atomic E-state index is 0.514. The molecule has 7 heteroatoms. The number of nitrogens with one attached hydrogen (secondary N) is 2. The largest absolute Gasteiger partial charge is 0.495 e. The zero-order valence-electron chi connectivity index (χ0n) is 12.8. The van der Waals surface area contributed by atoms with Crippen LogP contribution in [0.15, 0.2) is 54.9 Å². The van der Waals surface area contributed by atoms with Gasteiger partial charge in [0.2, 0.25) is 0 Å². The number of ether oxygens (including phenoxy) is 1. The van der Waals surface area contributed by atoms with Gasteiger partial charge in [0.05, 0.1) is 28.5 Å². The second kappa shape index (κ2) is 7.38. The van der Waals surface area contributed by atoms with E-state index in [0.29, 0.717) is 27.4 Å². The fraction of sp³-hybridized carbons (Fsp3) is 0.0588. The van der Waals surface area contributed by atoms with Gasteiger partial charge in [0.15, 0.2) is 0 Å². The maximum absolute atomic E-state index is 6.17. The van der Waals surface area contributed by atoms with E-state index in [1.54, 1.807) is 31.4 Å². The van der Waals surface area contributed by atoms with Crippen LogP contribution in [0.4, 0.5) is 23.0 Å². The number of hydrogen-bond donors (Lipinski definition) is 2. The van der Waals surface area contributed by atoms with Gasteiger partial charge in [0.1, 0.15) is 23.7 Å². The number of halogens is 2. The lowest BCUT2D eigenvalue weighted by Gasteiger charge is -2.12. The summed E-state index contributed by atoms with van der Waals surface area (Å²) in [5, 5.41) is 7.33. The van der Waals surface area contributed by atoms with Crippen LogP contribution in [0.1, 0.15) is 0 Å². The first-order valence-electron chi connectivity index (χ1n) is 7.10. The molecule has 122 valence electrons. The number of rotatable bonds is 5. The predicted molar refractivity (Wildman–Crippen MR) is 98.1 cm³/mol. The molecule has 0 fully saturated rings. The lowest BCUT2D eigenvalue weighted by Crippen LogP contribution is -2.00. The zero-order valence-corrected chi connectivity index (χ0v) is 14.3. The van der Waals surface area contributed by atoms with Crippen molar-refractivity contribution in [2.45, 2.75) is 0 Å². The maximum atomic E-state index is 6.17. The summed E-state index contributed by atoms with van der Waals surface area (Å²) >= 11 is 12.3. The average Bonchev–Trinajstić information content (AvgIpc) is 2.59. The topological polar surface area (TPSA) is 59.1 Å². The minimum Gasteiger partial charge on any atom is -0.495 e. The van der Waals surface area contributed by atoms with Crippen LogP contribution in [0.5, 0.6) is 5.75 Å². The molecule has 0 atom stereocenters. The van der Waals surface area contributed by atoms with E-state index in [2.05, 4.69) is 20.6 Å². The molecule has 1 aromatic heterocycles. The van der Waals surface area contributed by atoms with Crippen LogP contribution in [-0.2, 0) is 0 Å². The third kappa shape index (κ3) is 3.69. The van der Waals surface area contributed by atoms with Crippen molar-refractivity contribution >= 4 is 46.2 Å². The second-order valence-electron chi connectivity index (χ2n) is 4.84. The van der Waals surface area contributed by atoms with Gasteiger partial charge in [-0.1, -0.05) is 41.4 Å². The highest BCUT2D eigenvalue weighted by atomic mass is 35.5. The molecule has 0 amide bonds. The summed E-state index contributed by atoms with van der Waals surface area (Å²) in [6.07, 6.45) is 1.45. The van der Waals surface area contributed by atoms with Crippen molar-refractivity contribution in [3.63, 3.8) is 0 Å². The Hall–Kier alpha value is -2.50. The van der Waals surface area contributed by atoms with E-state index in [9.17, 15) is 0 Å². The Labute approximate surface area is 149 Å². The molecule has 1 heterocycles.